The van der Waals surface area contributed by atoms with Crippen molar-refractivity contribution < 1.29 is 0 Å². The molecule has 1 heterocycles. The van der Waals surface area contributed by atoms with Crippen LogP contribution in [0, 0.1) is 6.92 Å². The van der Waals surface area contributed by atoms with E-state index in [1.165, 1.54) is 11.1 Å². The Bertz CT molecular complexity index is 769. The number of H-pyrrole nitrogens is 1. The number of fused-ring (bicyclic) bond motifs is 1. The van der Waals surface area contributed by atoms with Gasteiger partial charge in [0, 0.05) is 17.5 Å². The van der Waals surface area contributed by atoms with E-state index in [2.05, 4.69) is 42.2 Å². The molecule has 94 valence electrons. The van der Waals surface area contributed by atoms with Crippen LogP contribution in [0.4, 0.5) is 0 Å². The highest BCUT2D eigenvalue weighted by molar-refractivity contribution is 5.81. The third kappa shape index (κ3) is 2.43. The van der Waals surface area contributed by atoms with E-state index in [0.29, 0.717) is 0 Å². The van der Waals surface area contributed by atoms with E-state index in [4.69, 9.17) is 0 Å². The Morgan fingerprint density at radius 2 is 1.74 bits per heavy atom. The van der Waals surface area contributed by atoms with Crippen LogP contribution in [0.2, 0.25) is 0 Å². The van der Waals surface area contributed by atoms with Crippen LogP contribution in [-0.4, -0.2) is 4.98 Å². The van der Waals surface area contributed by atoms with Gasteiger partial charge in [0.2, 0.25) is 0 Å². The van der Waals surface area contributed by atoms with Gasteiger partial charge in [-0.3, -0.25) is 4.79 Å². The minimum absolute atomic E-state index is 0.0137. The molecule has 0 bridgehead atoms. The zero-order valence-electron chi connectivity index (χ0n) is 10.8. The Hall–Kier alpha value is -2.35. The number of aryl methyl sites for hydroxylation is 1. The monoisotopic (exact) mass is 249 g/mol. The summed E-state index contributed by atoms with van der Waals surface area (Å²) in [6.07, 6.45) is 0.750. The van der Waals surface area contributed by atoms with Crippen molar-refractivity contribution >= 4 is 10.8 Å². The molecule has 0 atom stereocenters. The van der Waals surface area contributed by atoms with E-state index in [1.54, 1.807) is 0 Å². The Morgan fingerprint density at radius 1 is 1.00 bits per heavy atom. The third-order valence-electron chi connectivity index (χ3n) is 3.32. The first-order valence-electron chi connectivity index (χ1n) is 6.39. The van der Waals surface area contributed by atoms with Crippen LogP contribution in [0.1, 0.15) is 16.8 Å². The van der Waals surface area contributed by atoms with Crippen LogP contribution in [0.5, 0.6) is 0 Å². The predicted molar refractivity (Wildman–Crippen MR) is 78.6 cm³/mol. The number of rotatable bonds is 2. The second kappa shape index (κ2) is 4.73. The summed E-state index contributed by atoms with van der Waals surface area (Å²) in [6, 6.07) is 18.1. The number of pyridine rings is 1. The van der Waals surface area contributed by atoms with Crippen LogP contribution < -0.4 is 5.56 Å². The van der Waals surface area contributed by atoms with E-state index in [1.807, 2.05) is 24.3 Å². The van der Waals surface area contributed by atoms with Crippen molar-refractivity contribution in [2.45, 2.75) is 13.3 Å². The van der Waals surface area contributed by atoms with Crippen molar-refractivity contribution in [2.24, 2.45) is 0 Å². The lowest BCUT2D eigenvalue weighted by molar-refractivity contribution is 1.06. The van der Waals surface area contributed by atoms with Gasteiger partial charge in [0.05, 0.1) is 0 Å². The number of benzene rings is 2. The van der Waals surface area contributed by atoms with Gasteiger partial charge in [-0.05, 0) is 30.0 Å². The summed E-state index contributed by atoms with van der Waals surface area (Å²) >= 11 is 0. The maximum atomic E-state index is 12.0. The molecule has 0 spiro atoms. The molecule has 2 aromatic carbocycles. The molecular weight excluding hydrogens is 234 g/mol. The smallest absolute Gasteiger partial charge is 0.256 e. The normalized spacial score (nSPS) is 10.8. The molecule has 0 radical (unpaired) electrons. The van der Waals surface area contributed by atoms with Gasteiger partial charge in [0.1, 0.15) is 0 Å². The molecule has 0 saturated carbocycles. The number of aromatic nitrogens is 1. The summed E-state index contributed by atoms with van der Waals surface area (Å²) in [5.41, 5.74) is 3.39. The fourth-order valence-corrected chi connectivity index (χ4v) is 2.29. The minimum atomic E-state index is -0.0137. The molecule has 0 aliphatic heterocycles. The summed E-state index contributed by atoms with van der Waals surface area (Å²) in [4.78, 5) is 14.9. The molecule has 1 N–H and O–H groups in total. The van der Waals surface area contributed by atoms with Crippen molar-refractivity contribution in [3.8, 4) is 0 Å². The van der Waals surface area contributed by atoms with Gasteiger partial charge < -0.3 is 4.98 Å². The van der Waals surface area contributed by atoms with Crippen LogP contribution >= 0.6 is 0 Å². The lowest BCUT2D eigenvalue weighted by Crippen LogP contribution is -2.09. The maximum Gasteiger partial charge on any atom is 0.256 e. The van der Waals surface area contributed by atoms with Gasteiger partial charge in [-0.2, -0.15) is 0 Å². The zero-order chi connectivity index (χ0) is 13.2. The number of hydrogen-bond donors (Lipinski definition) is 1. The lowest BCUT2D eigenvalue weighted by Gasteiger charge is -2.04. The van der Waals surface area contributed by atoms with Crippen LogP contribution in [-0.2, 0) is 6.42 Å². The SMILES string of the molecule is Cc1ccc(Cc2cc3ccccc3c(=O)[nH]2)cc1. The van der Waals surface area contributed by atoms with E-state index >= 15 is 0 Å². The van der Waals surface area contributed by atoms with Crippen molar-refractivity contribution in [3.05, 3.63) is 81.8 Å². The molecule has 0 aliphatic carbocycles. The fourth-order valence-electron chi connectivity index (χ4n) is 2.29. The molecule has 1 aromatic heterocycles. The molecule has 2 heteroatoms. The van der Waals surface area contributed by atoms with Gasteiger partial charge in [-0.25, -0.2) is 0 Å². The van der Waals surface area contributed by atoms with Crippen molar-refractivity contribution in [1.29, 1.82) is 0 Å². The third-order valence-corrected chi connectivity index (χ3v) is 3.32. The topological polar surface area (TPSA) is 32.9 Å². The standard InChI is InChI=1S/C17H15NO/c1-12-6-8-13(9-7-12)10-15-11-14-4-2-3-5-16(14)17(19)18-15/h2-9,11H,10H2,1H3,(H,18,19). The number of aromatic amines is 1. The summed E-state index contributed by atoms with van der Waals surface area (Å²) in [6.45, 7) is 2.07. The van der Waals surface area contributed by atoms with E-state index in [0.717, 1.165) is 22.9 Å². The first kappa shape index (κ1) is 11.7. The Kier molecular flexibility index (Phi) is 2.92. The Balaban J connectivity index is 2.01. The second-order valence-electron chi connectivity index (χ2n) is 4.87. The quantitative estimate of drug-likeness (QED) is 0.741. The van der Waals surface area contributed by atoms with Gasteiger partial charge >= 0.3 is 0 Å². The molecule has 3 rings (SSSR count). The van der Waals surface area contributed by atoms with Gasteiger partial charge in [0.15, 0.2) is 0 Å². The molecule has 0 unspecified atom stereocenters. The van der Waals surface area contributed by atoms with Gasteiger partial charge in [0.25, 0.3) is 5.56 Å². The molecule has 0 fully saturated rings. The molecule has 2 nitrogen and oxygen atoms in total. The summed E-state index contributed by atoms with van der Waals surface area (Å²) in [7, 11) is 0. The highest BCUT2D eigenvalue weighted by Crippen LogP contribution is 2.13. The van der Waals surface area contributed by atoms with Crippen LogP contribution in [0.3, 0.4) is 0 Å². The molecule has 0 aliphatic rings. The highest BCUT2D eigenvalue weighted by atomic mass is 16.1. The molecule has 0 saturated heterocycles. The lowest BCUT2D eigenvalue weighted by atomic mass is 10.1. The Morgan fingerprint density at radius 3 is 2.53 bits per heavy atom. The minimum Gasteiger partial charge on any atom is -0.325 e. The Labute approximate surface area is 111 Å². The molecule has 0 amide bonds. The largest absolute Gasteiger partial charge is 0.325 e. The molecular formula is C17H15NO. The van der Waals surface area contributed by atoms with E-state index in [9.17, 15) is 4.79 Å². The average molecular weight is 249 g/mol. The van der Waals surface area contributed by atoms with Crippen molar-refractivity contribution in [2.75, 3.05) is 0 Å². The van der Waals surface area contributed by atoms with Crippen LogP contribution in [0.25, 0.3) is 10.8 Å². The van der Waals surface area contributed by atoms with Crippen LogP contribution in [0.15, 0.2) is 59.4 Å². The summed E-state index contributed by atoms with van der Waals surface area (Å²) in [5.74, 6) is 0. The average Bonchev–Trinajstić information content (AvgIpc) is 2.42. The first-order chi connectivity index (χ1) is 9.22. The van der Waals surface area contributed by atoms with Crippen molar-refractivity contribution in [1.82, 2.24) is 4.98 Å². The number of hydrogen-bond acceptors (Lipinski definition) is 1. The molecule has 3 aromatic rings. The van der Waals surface area contributed by atoms with E-state index < -0.39 is 0 Å². The highest BCUT2D eigenvalue weighted by Gasteiger charge is 2.02. The van der Waals surface area contributed by atoms with E-state index in [-0.39, 0.29) is 5.56 Å². The summed E-state index contributed by atoms with van der Waals surface area (Å²) in [5, 5.41) is 1.74. The first-order valence-corrected chi connectivity index (χ1v) is 6.39. The molecule has 19 heavy (non-hydrogen) atoms. The number of nitrogens with one attached hydrogen (secondary N) is 1. The zero-order valence-corrected chi connectivity index (χ0v) is 10.8. The van der Waals surface area contributed by atoms with Gasteiger partial charge in [-0.15, -0.1) is 0 Å². The predicted octanol–water partition coefficient (Wildman–Crippen LogP) is 3.43. The van der Waals surface area contributed by atoms with Gasteiger partial charge in [-0.1, -0.05) is 48.0 Å². The fraction of sp³-hybridized carbons (Fsp3) is 0.118. The maximum absolute atomic E-state index is 12.0. The van der Waals surface area contributed by atoms with Crippen molar-refractivity contribution in [3.63, 3.8) is 0 Å². The summed E-state index contributed by atoms with van der Waals surface area (Å²) < 4.78 is 0. The second-order valence-corrected chi connectivity index (χ2v) is 4.87.